The first-order chi connectivity index (χ1) is 14.8. The van der Waals surface area contributed by atoms with Crippen LogP contribution >= 0.6 is 0 Å². The van der Waals surface area contributed by atoms with E-state index in [1.165, 1.54) is 30.3 Å². The second-order valence-electron chi connectivity index (χ2n) is 6.91. The molecule has 0 bridgehead atoms. The molecule has 6 nitrogen and oxygen atoms in total. The van der Waals surface area contributed by atoms with Gasteiger partial charge in [-0.15, -0.1) is 0 Å². The van der Waals surface area contributed by atoms with E-state index >= 15 is 0 Å². The van der Waals surface area contributed by atoms with Crippen LogP contribution in [0.15, 0.2) is 83.3 Å². The van der Waals surface area contributed by atoms with Crippen LogP contribution in [0.25, 0.3) is 6.08 Å². The van der Waals surface area contributed by atoms with Gasteiger partial charge in [0, 0.05) is 5.69 Å². The first kappa shape index (κ1) is 21.8. The summed E-state index contributed by atoms with van der Waals surface area (Å²) in [6.45, 7) is 3.80. The molecule has 0 radical (unpaired) electrons. The lowest BCUT2D eigenvalue weighted by Crippen LogP contribution is -2.13. The van der Waals surface area contributed by atoms with Crippen LogP contribution in [0.5, 0.6) is 5.75 Å². The van der Waals surface area contributed by atoms with Gasteiger partial charge in [-0.3, -0.25) is 4.79 Å². The molecule has 0 unspecified atom stereocenters. The monoisotopic (exact) mass is 432 g/mol. The van der Waals surface area contributed by atoms with Crippen molar-refractivity contribution >= 4 is 27.8 Å². The molecule has 1 N–H and O–H groups in total. The maximum atomic E-state index is 12.4. The average molecular weight is 433 g/mol. The lowest BCUT2D eigenvalue weighted by Gasteiger charge is -2.08. The summed E-state index contributed by atoms with van der Waals surface area (Å²) in [6.07, 6.45) is 1.42. The van der Waals surface area contributed by atoms with Gasteiger partial charge < -0.3 is 9.50 Å². The van der Waals surface area contributed by atoms with Crippen molar-refractivity contribution in [2.24, 2.45) is 0 Å². The zero-order valence-corrected chi connectivity index (χ0v) is 17.8. The van der Waals surface area contributed by atoms with Gasteiger partial charge in [0.1, 0.15) is 22.3 Å². The largest absolute Gasteiger partial charge is 0.379 e. The molecular weight excluding hydrogens is 412 g/mol. The van der Waals surface area contributed by atoms with E-state index in [-0.39, 0.29) is 16.2 Å². The third-order valence-corrected chi connectivity index (χ3v) is 5.64. The first-order valence-corrected chi connectivity index (χ1v) is 10.8. The zero-order chi connectivity index (χ0) is 22.4. The third kappa shape index (κ3) is 5.81. The molecule has 1 amide bonds. The summed E-state index contributed by atoms with van der Waals surface area (Å²) in [7, 11) is -3.95. The molecule has 3 rings (SSSR count). The van der Waals surface area contributed by atoms with Gasteiger partial charge in [-0.1, -0.05) is 47.5 Å². The van der Waals surface area contributed by atoms with E-state index in [0.29, 0.717) is 11.3 Å². The molecule has 0 atom stereocenters. The minimum atomic E-state index is -3.95. The minimum Gasteiger partial charge on any atom is -0.379 e. The Kier molecular flexibility index (Phi) is 6.53. The summed E-state index contributed by atoms with van der Waals surface area (Å²) in [4.78, 5) is 12.4. The van der Waals surface area contributed by atoms with E-state index < -0.39 is 16.0 Å². The van der Waals surface area contributed by atoms with E-state index in [4.69, 9.17) is 4.18 Å². The number of nitrogens with one attached hydrogen (secondary N) is 1. The van der Waals surface area contributed by atoms with Gasteiger partial charge >= 0.3 is 10.1 Å². The predicted molar refractivity (Wildman–Crippen MR) is 119 cm³/mol. The van der Waals surface area contributed by atoms with Crippen molar-refractivity contribution in [2.45, 2.75) is 18.7 Å². The van der Waals surface area contributed by atoms with Crippen molar-refractivity contribution in [1.82, 2.24) is 0 Å². The van der Waals surface area contributed by atoms with Crippen LogP contribution in [0.4, 0.5) is 5.69 Å². The number of nitrogens with zero attached hydrogens (tertiary/aromatic N) is 1. The highest BCUT2D eigenvalue weighted by Crippen LogP contribution is 2.21. The molecule has 0 aliphatic rings. The van der Waals surface area contributed by atoms with Gasteiger partial charge in [-0.05, 0) is 61.9 Å². The summed E-state index contributed by atoms with van der Waals surface area (Å²) in [5, 5.41) is 12.0. The van der Waals surface area contributed by atoms with Crippen molar-refractivity contribution in [1.29, 1.82) is 5.26 Å². The van der Waals surface area contributed by atoms with Crippen LogP contribution in [-0.2, 0) is 14.9 Å². The van der Waals surface area contributed by atoms with E-state index in [9.17, 15) is 18.5 Å². The fraction of sp³-hybridized carbons (Fsp3) is 0.0833. The molecule has 0 saturated carbocycles. The Hall–Kier alpha value is -3.89. The number of amides is 1. The van der Waals surface area contributed by atoms with Crippen molar-refractivity contribution in [3.05, 3.63) is 95.1 Å². The molecule has 0 fully saturated rings. The van der Waals surface area contributed by atoms with Crippen molar-refractivity contribution < 1.29 is 17.4 Å². The van der Waals surface area contributed by atoms with E-state index in [1.54, 1.807) is 36.4 Å². The van der Waals surface area contributed by atoms with Crippen LogP contribution in [-0.4, -0.2) is 14.3 Å². The van der Waals surface area contributed by atoms with E-state index in [0.717, 1.165) is 11.1 Å². The molecule has 31 heavy (non-hydrogen) atoms. The number of aryl methyl sites for hydroxylation is 2. The van der Waals surface area contributed by atoms with Gasteiger partial charge in [-0.25, -0.2) is 0 Å². The molecule has 0 aliphatic carbocycles. The molecule has 3 aromatic rings. The van der Waals surface area contributed by atoms with Gasteiger partial charge in [-0.2, -0.15) is 13.7 Å². The molecule has 0 spiro atoms. The Labute approximate surface area is 181 Å². The fourth-order valence-corrected chi connectivity index (χ4v) is 3.58. The van der Waals surface area contributed by atoms with Crippen molar-refractivity contribution in [3.63, 3.8) is 0 Å². The maximum Gasteiger partial charge on any atom is 0.339 e. The Bertz CT molecular complexity index is 1250. The summed E-state index contributed by atoms with van der Waals surface area (Å²) in [5.74, 6) is -0.408. The zero-order valence-electron chi connectivity index (χ0n) is 17.0. The number of rotatable bonds is 6. The highest BCUT2D eigenvalue weighted by Gasteiger charge is 2.16. The molecule has 7 heteroatoms. The van der Waals surface area contributed by atoms with Gasteiger partial charge in [0.2, 0.25) is 0 Å². The molecule has 0 saturated heterocycles. The highest BCUT2D eigenvalue weighted by atomic mass is 32.2. The lowest BCUT2D eigenvalue weighted by molar-refractivity contribution is -0.112. The molecule has 0 heterocycles. The van der Waals surface area contributed by atoms with Gasteiger partial charge in [0.25, 0.3) is 5.91 Å². The van der Waals surface area contributed by atoms with E-state index in [2.05, 4.69) is 5.32 Å². The predicted octanol–water partition coefficient (Wildman–Crippen LogP) is 4.62. The maximum absolute atomic E-state index is 12.4. The minimum absolute atomic E-state index is 0.0571. The number of anilines is 1. The molecule has 156 valence electrons. The number of hydrogen-bond donors (Lipinski definition) is 1. The first-order valence-electron chi connectivity index (χ1n) is 9.38. The topological polar surface area (TPSA) is 96.3 Å². The van der Waals surface area contributed by atoms with Crippen molar-refractivity contribution in [2.75, 3.05) is 5.32 Å². The average Bonchev–Trinajstić information content (AvgIpc) is 2.75. The Morgan fingerprint density at radius 2 is 1.45 bits per heavy atom. The fourth-order valence-electron chi connectivity index (χ4n) is 2.65. The molecule has 0 aromatic heterocycles. The summed E-state index contributed by atoms with van der Waals surface area (Å²) in [5.41, 5.74) is 3.05. The second-order valence-corrected chi connectivity index (χ2v) is 8.46. The number of carbonyl (C=O) groups excluding carboxylic acids is 1. The summed E-state index contributed by atoms with van der Waals surface area (Å²) in [6, 6.07) is 21.5. The van der Waals surface area contributed by atoms with Crippen molar-refractivity contribution in [3.8, 4) is 11.8 Å². The second kappa shape index (κ2) is 9.28. The Morgan fingerprint density at radius 3 is 2.00 bits per heavy atom. The summed E-state index contributed by atoms with van der Waals surface area (Å²) < 4.78 is 29.9. The van der Waals surface area contributed by atoms with Crippen LogP contribution in [0.3, 0.4) is 0 Å². The van der Waals surface area contributed by atoms with Crippen LogP contribution in [0.2, 0.25) is 0 Å². The molecule has 0 aliphatic heterocycles. The standard InChI is InChI=1S/C24H20N2O4S/c1-17-3-9-21(10-4-17)26-24(27)20(16-25)15-19-7-11-22(12-8-19)30-31(28,29)23-13-5-18(2)6-14-23/h3-15H,1-2H3,(H,26,27)/b20-15-. The number of benzene rings is 3. The van der Waals surface area contributed by atoms with Gasteiger partial charge in [0.05, 0.1) is 0 Å². The Balaban J connectivity index is 1.72. The number of nitriles is 1. The van der Waals surface area contributed by atoms with Crippen LogP contribution in [0.1, 0.15) is 16.7 Å². The normalized spacial score (nSPS) is 11.5. The number of carbonyl (C=O) groups is 1. The van der Waals surface area contributed by atoms with E-state index in [1.807, 2.05) is 32.0 Å². The van der Waals surface area contributed by atoms with Crippen LogP contribution in [0, 0.1) is 25.2 Å². The third-order valence-electron chi connectivity index (χ3n) is 4.38. The SMILES string of the molecule is Cc1ccc(NC(=O)/C(C#N)=C\c2ccc(OS(=O)(=O)c3ccc(C)cc3)cc2)cc1. The summed E-state index contributed by atoms with van der Waals surface area (Å²) >= 11 is 0. The lowest BCUT2D eigenvalue weighted by atomic mass is 10.1. The Morgan fingerprint density at radius 1 is 0.903 bits per heavy atom. The van der Waals surface area contributed by atoms with Crippen LogP contribution < -0.4 is 9.50 Å². The highest BCUT2D eigenvalue weighted by molar-refractivity contribution is 7.87. The smallest absolute Gasteiger partial charge is 0.339 e. The quantitative estimate of drug-likeness (QED) is 0.348. The molecular formula is C24H20N2O4S. The van der Waals surface area contributed by atoms with Gasteiger partial charge in [0.15, 0.2) is 0 Å². The molecule has 3 aromatic carbocycles. The number of hydrogen-bond acceptors (Lipinski definition) is 5.